The van der Waals surface area contributed by atoms with Crippen LogP contribution in [-0.4, -0.2) is 60.6 Å². The Morgan fingerprint density at radius 3 is 2.54 bits per heavy atom. The summed E-state index contributed by atoms with van der Waals surface area (Å²) in [6.07, 6.45) is 1.43. The van der Waals surface area contributed by atoms with Gasteiger partial charge in [0, 0.05) is 37.3 Å². The molecule has 0 spiro atoms. The second kappa shape index (κ2) is 7.72. The average Bonchev–Trinajstić information content (AvgIpc) is 3.11. The minimum Gasteiger partial charge on any atom is -0.368 e. The lowest BCUT2D eigenvalue weighted by Gasteiger charge is -2.35. The van der Waals surface area contributed by atoms with Gasteiger partial charge in [0.2, 0.25) is 0 Å². The van der Waals surface area contributed by atoms with Crippen molar-refractivity contribution in [2.24, 2.45) is 0 Å². The molecule has 130 valence electrons. The molecule has 2 heterocycles. The number of urea groups is 1. The van der Waals surface area contributed by atoms with Gasteiger partial charge in [-0.15, -0.1) is 0 Å². The summed E-state index contributed by atoms with van der Waals surface area (Å²) in [5.74, 6) is 0.0449. The zero-order chi connectivity index (χ0) is 17.1. The summed E-state index contributed by atoms with van der Waals surface area (Å²) in [6.45, 7) is 2.71. The van der Waals surface area contributed by atoms with Crippen molar-refractivity contribution in [3.8, 4) is 0 Å². The highest BCUT2D eigenvalue weighted by molar-refractivity contribution is 9.10. The van der Waals surface area contributed by atoms with Gasteiger partial charge in [0.15, 0.2) is 0 Å². The molecule has 2 aliphatic rings. The Hall–Kier alpha value is -1.31. The van der Waals surface area contributed by atoms with E-state index >= 15 is 0 Å². The Morgan fingerprint density at radius 1 is 1.21 bits per heavy atom. The summed E-state index contributed by atoms with van der Waals surface area (Å²) >= 11 is 9.45. The molecule has 6 nitrogen and oxygen atoms in total. The van der Waals surface area contributed by atoms with E-state index in [4.69, 9.17) is 16.3 Å². The van der Waals surface area contributed by atoms with Crippen molar-refractivity contribution in [1.82, 2.24) is 9.80 Å². The predicted octanol–water partition coefficient (Wildman–Crippen LogP) is 2.96. The van der Waals surface area contributed by atoms with Crippen LogP contribution in [0.5, 0.6) is 0 Å². The molecule has 0 bridgehead atoms. The summed E-state index contributed by atoms with van der Waals surface area (Å²) in [4.78, 5) is 28.1. The maximum absolute atomic E-state index is 12.4. The van der Waals surface area contributed by atoms with Crippen molar-refractivity contribution in [3.05, 3.63) is 27.7 Å². The number of rotatable bonds is 2. The maximum Gasteiger partial charge on any atom is 0.322 e. The average molecular weight is 417 g/mol. The molecule has 0 radical (unpaired) electrons. The molecule has 24 heavy (non-hydrogen) atoms. The van der Waals surface area contributed by atoms with E-state index in [1.165, 1.54) is 0 Å². The van der Waals surface area contributed by atoms with Crippen LogP contribution >= 0.6 is 27.5 Å². The number of hydrogen-bond acceptors (Lipinski definition) is 3. The first-order valence-electron chi connectivity index (χ1n) is 7.96. The summed E-state index contributed by atoms with van der Waals surface area (Å²) in [6, 6.07) is 5.10. The Balaban J connectivity index is 1.52. The molecule has 0 aliphatic carbocycles. The van der Waals surface area contributed by atoms with E-state index in [0.717, 1.165) is 17.3 Å². The van der Waals surface area contributed by atoms with Crippen LogP contribution < -0.4 is 5.32 Å². The molecule has 8 heteroatoms. The summed E-state index contributed by atoms with van der Waals surface area (Å²) in [5, 5.41) is 3.29. The SMILES string of the molecule is O=C(Nc1ccc(Br)cc1Cl)N1CCN(C(=O)C2CCCO2)CC1. The van der Waals surface area contributed by atoms with Gasteiger partial charge in [-0.3, -0.25) is 4.79 Å². The minimum absolute atomic E-state index is 0.0449. The van der Waals surface area contributed by atoms with Crippen LogP contribution in [0, 0.1) is 0 Å². The van der Waals surface area contributed by atoms with E-state index in [-0.39, 0.29) is 18.0 Å². The van der Waals surface area contributed by atoms with Crippen LogP contribution in [0.3, 0.4) is 0 Å². The van der Waals surface area contributed by atoms with Gasteiger partial charge in [0.25, 0.3) is 5.91 Å². The molecule has 0 saturated carbocycles. The molecular formula is C16H19BrClN3O3. The smallest absolute Gasteiger partial charge is 0.322 e. The number of ether oxygens (including phenoxy) is 1. The van der Waals surface area contributed by atoms with Crippen molar-refractivity contribution < 1.29 is 14.3 Å². The van der Waals surface area contributed by atoms with Crippen LogP contribution in [0.1, 0.15) is 12.8 Å². The van der Waals surface area contributed by atoms with Crippen LogP contribution in [0.25, 0.3) is 0 Å². The zero-order valence-corrected chi connectivity index (χ0v) is 15.5. The van der Waals surface area contributed by atoms with Gasteiger partial charge in [0.05, 0.1) is 10.7 Å². The largest absolute Gasteiger partial charge is 0.368 e. The number of piperazine rings is 1. The van der Waals surface area contributed by atoms with Crippen molar-refractivity contribution in [3.63, 3.8) is 0 Å². The third-order valence-corrected chi connectivity index (χ3v) is 5.06. The van der Waals surface area contributed by atoms with E-state index in [1.807, 2.05) is 6.07 Å². The topological polar surface area (TPSA) is 61.9 Å². The van der Waals surface area contributed by atoms with Gasteiger partial charge in [0.1, 0.15) is 6.10 Å². The third kappa shape index (κ3) is 4.02. The van der Waals surface area contributed by atoms with E-state index in [2.05, 4.69) is 21.2 Å². The molecule has 1 aromatic carbocycles. The van der Waals surface area contributed by atoms with Gasteiger partial charge in [-0.1, -0.05) is 27.5 Å². The number of anilines is 1. The molecular weight excluding hydrogens is 398 g/mol. The Kier molecular flexibility index (Phi) is 5.63. The normalized spacial score (nSPS) is 21.0. The first-order chi connectivity index (χ1) is 11.5. The monoisotopic (exact) mass is 415 g/mol. The first kappa shape index (κ1) is 17.5. The minimum atomic E-state index is -0.299. The second-order valence-electron chi connectivity index (χ2n) is 5.87. The highest BCUT2D eigenvalue weighted by atomic mass is 79.9. The predicted molar refractivity (Wildman–Crippen MR) is 95.3 cm³/mol. The molecule has 3 amide bonds. The van der Waals surface area contributed by atoms with Gasteiger partial charge < -0.3 is 19.9 Å². The van der Waals surface area contributed by atoms with Crippen LogP contribution in [0.4, 0.5) is 10.5 Å². The molecule has 1 unspecified atom stereocenters. The third-order valence-electron chi connectivity index (χ3n) is 4.26. The lowest BCUT2D eigenvalue weighted by molar-refractivity contribution is -0.142. The number of halogens is 2. The summed E-state index contributed by atoms with van der Waals surface area (Å²) in [7, 11) is 0. The van der Waals surface area contributed by atoms with E-state index in [1.54, 1.807) is 21.9 Å². The molecule has 2 aliphatic heterocycles. The van der Waals surface area contributed by atoms with E-state index in [0.29, 0.717) is 43.5 Å². The zero-order valence-electron chi connectivity index (χ0n) is 13.1. The lowest BCUT2D eigenvalue weighted by atomic mass is 10.2. The van der Waals surface area contributed by atoms with Crippen molar-refractivity contribution >= 4 is 45.2 Å². The second-order valence-corrected chi connectivity index (χ2v) is 7.19. The Labute approximate surface area is 154 Å². The van der Waals surface area contributed by atoms with Crippen molar-refractivity contribution in [2.45, 2.75) is 18.9 Å². The fourth-order valence-electron chi connectivity index (χ4n) is 2.89. The number of hydrogen-bond donors (Lipinski definition) is 1. The van der Waals surface area contributed by atoms with Gasteiger partial charge in [-0.2, -0.15) is 0 Å². The standard InChI is InChI=1S/C16H19BrClN3O3/c17-11-3-4-13(12(18)10-11)19-16(23)21-7-5-20(6-8-21)15(22)14-2-1-9-24-14/h3-4,10,14H,1-2,5-9H2,(H,19,23). The van der Waals surface area contributed by atoms with E-state index in [9.17, 15) is 9.59 Å². The highest BCUT2D eigenvalue weighted by Crippen LogP contribution is 2.26. The maximum atomic E-state index is 12.4. The van der Waals surface area contributed by atoms with Crippen LogP contribution in [0.2, 0.25) is 5.02 Å². The van der Waals surface area contributed by atoms with Gasteiger partial charge in [-0.05, 0) is 31.0 Å². The molecule has 1 N–H and O–H groups in total. The summed E-state index contributed by atoms with van der Waals surface area (Å²) < 4.78 is 6.29. The quantitative estimate of drug-likeness (QED) is 0.806. The number of carbonyl (C=O) groups is 2. The van der Waals surface area contributed by atoms with Crippen molar-refractivity contribution in [1.29, 1.82) is 0 Å². The van der Waals surface area contributed by atoms with Crippen molar-refractivity contribution in [2.75, 3.05) is 38.1 Å². The first-order valence-corrected chi connectivity index (χ1v) is 9.13. The number of benzene rings is 1. The molecule has 1 atom stereocenters. The Bertz CT molecular complexity index is 629. The Morgan fingerprint density at radius 2 is 1.92 bits per heavy atom. The number of nitrogens with zero attached hydrogens (tertiary/aromatic N) is 2. The fraction of sp³-hybridized carbons (Fsp3) is 0.500. The summed E-state index contributed by atoms with van der Waals surface area (Å²) in [5.41, 5.74) is 0.572. The van der Waals surface area contributed by atoms with Gasteiger partial charge in [-0.25, -0.2) is 4.79 Å². The molecule has 2 fully saturated rings. The van der Waals surface area contributed by atoms with Crippen LogP contribution in [-0.2, 0) is 9.53 Å². The van der Waals surface area contributed by atoms with E-state index < -0.39 is 0 Å². The number of amides is 3. The van der Waals surface area contributed by atoms with Crippen LogP contribution in [0.15, 0.2) is 22.7 Å². The molecule has 2 saturated heterocycles. The highest BCUT2D eigenvalue weighted by Gasteiger charge is 2.31. The number of carbonyl (C=O) groups excluding carboxylic acids is 2. The van der Waals surface area contributed by atoms with Gasteiger partial charge >= 0.3 is 6.03 Å². The number of nitrogens with one attached hydrogen (secondary N) is 1. The molecule has 1 aromatic rings. The molecule has 3 rings (SSSR count). The molecule has 0 aromatic heterocycles. The fourth-order valence-corrected chi connectivity index (χ4v) is 3.61. The lowest BCUT2D eigenvalue weighted by Crippen LogP contribution is -2.53.